The number of aryl methyl sites for hydroxylation is 1. The van der Waals surface area contributed by atoms with Gasteiger partial charge in [-0.15, -0.1) is 5.10 Å². The van der Waals surface area contributed by atoms with E-state index in [-0.39, 0.29) is 11.8 Å². The van der Waals surface area contributed by atoms with Gasteiger partial charge in [-0.1, -0.05) is 29.9 Å². The van der Waals surface area contributed by atoms with Crippen LogP contribution in [0.2, 0.25) is 0 Å². The fourth-order valence-corrected chi connectivity index (χ4v) is 2.95. The van der Waals surface area contributed by atoms with Crippen molar-refractivity contribution in [3.63, 3.8) is 0 Å². The van der Waals surface area contributed by atoms with E-state index < -0.39 is 0 Å². The van der Waals surface area contributed by atoms with Gasteiger partial charge in [0.25, 0.3) is 5.91 Å². The lowest BCUT2D eigenvalue weighted by molar-refractivity contribution is 0.0737. The maximum Gasteiger partial charge on any atom is 0.267 e. The van der Waals surface area contributed by atoms with Crippen LogP contribution in [0.5, 0.6) is 0 Å². The lowest BCUT2D eigenvalue weighted by Gasteiger charge is -2.31. The molecule has 1 N–H and O–H groups in total. The van der Waals surface area contributed by atoms with Gasteiger partial charge in [0.15, 0.2) is 0 Å². The molecule has 0 aromatic carbocycles. The third kappa shape index (κ3) is 2.91. The highest BCUT2D eigenvalue weighted by molar-refractivity contribution is 7.08. The second-order valence-corrected chi connectivity index (χ2v) is 5.55. The molecule has 0 bridgehead atoms. The van der Waals surface area contributed by atoms with E-state index in [1.807, 2.05) is 6.92 Å². The van der Waals surface area contributed by atoms with E-state index in [9.17, 15) is 4.79 Å². The minimum absolute atomic E-state index is 0.00212. The van der Waals surface area contributed by atoms with Gasteiger partial charge in [0.1, 0.15) is 4.88 Å². The first-order valence-corrected chi connectivity index (χ1v) is 7.26. The zero-order chi connectivity index (χ0) is 13.8. The third-order valence-corrected chi connectivity index (χ3v) is 4.11. The van der Waals surface area contributed by atoms with Crippen molar-refractivity contribution in [1.82, 2.24) is 14.5 Å². The molecule has 104 valence electrons. The average Bonchev–Trinajstić information content (AvgIpc) is 2.86. The Hall–Kier alpha value is -1.50. The van der Waals surface area contributed by atoms with Gasteiger partial charge in [-0.25, -0.2) is 0 Å². The predicted octanol–water partition coefficient (Wildman–Crippen LogP) is 1.80. The van der Waals surface area contributed by atoms with E-state index in [1.165, 1.54) is 11.5 Å². The molecule has 1 aromatic rings. The van der Waals surface area contributed by atoms with Crippen molar-refractivity contribution >= 4 is 23.2 Å². The SMILES string of the molecule is CCCc1nnsc1C(=O)N1CCC(=NO)C(C)C1. The number of amides is 1. The third-order valence-electron chi connectivity index (χ3n) is 3.35. The number of likely N-dealkylation sites (tertiary alicyclic amines) is 1. The van der Waals surface area contributed by atoms with Gasteiger partial charge in [-0.05, 0) is 18.0 Å². The Kier molecular flexibility index (Phi) is 4.47. The van der Waals surface area contributed by atoms with Gasteiger partial charge in [-0.3, -0.25) is 4.79 Å². The number of piperidine rings is 1. The van der Waals surface area contributed by atoms with Crippen molar-refractivity contribution in [1.29, 1.82) is 0 Å². The lowest BCUT2D eigenvalue weighted by atomic mass is 9.97. The van der Waals surface area contributed by atoms with E-state index in [2.05, 4.69) is 21.7 Å². The van der Waals surface area contributed by atoms with Crippen LogP contribution in [0.15, 0.2) is 5.16 Å². The predicted molar refractivity (Wildman–Crippen MR) is 72.8 cm³/mol. The Morgan fingerprint density at radius 1 is 1.63 bits per heavy atom. The molecule has 1 saturated heterocycles. The molecule has 2 heterocycles. The smallest absolute Gasteiger partial charge is 0.267 e. The molecule has 7 heteroatoms. The van der Waals surface area contributed by atoms with Crippen LogP contribution in [-0.4, -0.2) is 44.4 Å². The largest absolute Gasteiger partial charge is 0.411 e. The van der Waals surface area contributed by atoms with E-state index >= 15 is 0 Å². The quantitative estimate of drug-likeness (QED) is 0.677. The second-order valence-electron chi connectivity index (χ2n) is 4.79. The Balaban J connectivity index is 2.10. The van der Waals surface area contributed by atoms with E-state index in [0.717, 1.165) is 24.2 Å². The first-order valence-electron chi connectivity index (χ1n) is 6.48. The van der Waals surface area contributed by atoms with Gasteiger partial charge in [-0.2, -0.15) is 0 Å². The number of nitrogens with zero attached hydrogens (tertiary/aromatic N) is 4. The summed E-state index contributed by atoms with van der Waals surface area (Å²) in [4.78, 5) is 14.9. The van der Waals surface area contributed by atoms with Crippen LogP contribution in [0, 0.1) is 5.92 Å². The summed E-state index contributed by atoms with van der Waals surface area (Å²) in [6, 6.07) is 0. The Morgan fingerprint density at radius 2 is 2.42 bits per heavy atom. The van der Waals surface area contributed by atoms with Crippen LogP contribution in [-0.2, 0) is 6.42 Å². The Labute approximate surface area is 116 Å². The minimum Gasteiger partial charge on any atom is -0.411 e. The van der Waals surface area contributed by atoms with Crippen molar-refractivity contribution in [2.24, 2.45) is 11.1 Å². The van der Waals surface area contributed by atoms with Crippen LogP contribution < -0.4 is 0 Å². The van der Waals surface area contributed by atoms with Crippen molar-refractivity contribution in [3.05, 3.63) is 10.6 Å². The first-order chi connectivity index (χ1) is 9.17. The highest BCUT2D eigenvalue weighted by Crippen LogP contribution is 2.20. The summed E-state index contributed by atoms with van der Waals surface area (Å²) in [5.74, 6) is 0.0977. The van der Waals surface area contributed by atoms with Crippen LogP contribution in [0.25, 0.3) is 0 Å². The van der Waals surface area contributed by atoms with Crippen molar-refractivity contribution in [2.45, 2.75) is 33.1 Å². The summed E-state index contributed by atoms with van der Waals surface area (Å²) in [7, 11) is 0. The van der Waals surface area contributed by atoms with Crippen molar-refractivity contribution in [3.8, 4) is 0 Å². The Bertz CT molecular complexity index is 486. The normalized spacial score (nSPS) is 21.9. The highest BCUT2D eigenvalue weighted by Gasteiger charge is 2.28. The highest BCUT2D eigenvalue weighted by atomic mass is 32.1. The lowest BCUT2D eigenvalue weighted by Crippen LogP contribution is -2.43. The monoisotopic (exact) mass is 282 g/mol. The average molecular weight is 282 g/mol. The number of carbonyl (C=O) groups excluding carboxylic acids is 1. The Morgan fingerprint density at radius 3 is 3.05 bits per heavy atom. The van der Waals surface area contributed by atoms with Crippen LogP contribution in [0.3, 0.4) is 0 Å². The topological polar surface area (TPSA) is 78.7 Å². The molecule has 1 amide bonds. The van der Waals surface area contributed by atoms with E-state index in [0.29, 0.717) is 24.4 Å². The summed E-state index contributed by atoms with van der Waals surface area (Å²) in [6.07, 6.45) is 2.35. The number of aromatic nitrogens is 2. The maximum atomic E-state index is 12.5. The molecule has 6 nitrogen and oxygen atoms in total. The van der Waals surface area contributed by atoms with E-state index in [4.69, 9.17) is 5.21 Å². The molecule has 0 spiro atoms. The molecule has 1 fully saturated rings. The van der Waals surface area contributed by atoms with E-state index in [1.54, 1.807) is 4.90 Å². The molecule has 1 aliphatic rings. The summed E-state index contributed by atoms with van der Waals surface area (Å²) in [5.41, 5.74) is 1.56. The number of carbonyl (C=O) groups is 1. The number of hydrogen-bond donors (Lipinski definition) is 1. The van der Waals surface area contributed by atoms with Gasteiger partial charge >= 0.3 is 0 Å². The van der Waals surface area contributed by atoms with Crippen LogP contribution >= 0.6 is 11.5 Å². The van der Waals surface area contributed by atoms with Crippen molar-refractivity contribution < 1.29 is 10.0 Å². The fourth-order valence-electron chi connectivity index (χ4n) is 2.27. The van der Waals surface area contributed by atoms with Crippen LogP contribution in [0.4, 0.5) is 0 Å². The molecule has 1 atom stereocenters. The number of oxime groups is 1. The molecule has 0 saturated carbocycles. The first kappa shape index (κ1) is 13.9. The van der Waals surface area contributed by atoms with Crippen molar-refractivity contribution in [2.75, 3.05) is 13.1 Å². The molecule has 0 radical (unpaired) electrons. The fraction of sp³-hybridized carbons (Fsp3) is 0.667. The molecule has 19 heavy (non-hydrogen) atoms. The molecular weight excluding hydrogens is 264 g/mol. The summed E-state index contributed by atoms with van der Waals surface area (Å²) < 4.78 is 3.89. The molecule has 1 unspecified atom stereocenters. The van der Waals surface area contributed by atoms with Gasteiger partial charge in [0, 0.05) is 25.4 Å². The molecular formula is C12H18N4O2S. The summed E-state index contributed by atoms with van der Waals surface area (Å²) in [5, 5.41) is 16.2. The standard InChI is InChI=1S/C12H18N4O2S/c1-3-4-10-11(19-15-13-10)12(17)16-6-5-9(14-18)8(2)7-16/h8,18H,3-7H2,1-2H3. The van der Waals surface area contributed by atoms with Gasteiger partial charge in [0.05, 0.1) is 11.4 Å². The van der Waals surface area contributed by atoms with Gasteiger partial charge in [0.2, 0.25) is 0 Å². The summed E-state index contributed by atoms with van der Waals surface area (Å²) in [6.45, 7) is 5.20. The van der Waals surface area contributed by atoms with Gasteiger partial charge < -0.3 is 10.1 Å². The minimum atomic E-state index is 0.00212. The second kappa shape index (κ2) is 6.10. The number of rotatable bonds is 3. The van der Waals surface area contributed by atoms with Crippen LogP contribution in [0.1, 0.15) is 42.1 Å². The molecule has 2 rings (SSSR count). The maximum absolute atomic E-state index is 12.5. The molecule has 1 aliphatic heterocycles. The molecule has 0 aliphatic carbocycles. The zero-order valence-corrected chi connectivity index (χ0v) is 12.0. The number of hydrogen-bond acceptors (Lipinski definition) is 6. The zero-order valence-electron chi connectivity index (χ0n) is 11.2. The summed E-state index contributed by atoms with van der Waals surface area (Å²) >= 11 is 1.17. The molecule has 1 aromatic heterocycles.